The number of aryl methyl sites for hydroxylation is 1. The summed E-state index contributed by atoms with van der Waals surface area (Å²) in [7, 11) is 0. The summed E-state index contributed by atoms with van der Waals surface area (Å²) < 4.78 is 0. The third kappa shape index (κ3) is 5.13. The number of carbonyl (C=O) groups is 2. The number of rotatable bonds is 7. The van der Waals surface area contributed by atoms with Gasteiger partial charge in [-0.05, 0) is 62.8 Å². The molecule has 0 spiro atoms. The third-order valence-corrected chi connectivity index (χ3v) is 5.71. The molecule has 0 fully saturated rings. The maximum atomic E-state index is 13.2. The van der Waals surface area contributed by atoms with Crippen molar-refractivity contribution < 1.29 is 9.59 Å². The van der Waals surface area contributed by atoms with Gasteiger partial charge < -0.3 is 10.2 Å². The van der Waals surface area contributed by atoms with E-state index in [2.05, 4.69) is 5.32 Å². The van der Waals surface area contributed by atoms with Crippen LogP contribution in [0.3, 0.4) is 0 Å². The van der Waals surface area contributed by atoms with Crippen LogP contribution in [0.4, 0.5) is 5.69 Å². The summed E-state index contributed by atoms with van der Waals surface area (Å²) in [5, 5.41) is 2.96. The van der Waals surface area contributed by atoms with Crippen molar-refractivity contribution >= 4 is 29.3 Å². The maximum Gasteiger partial charge on any atom is 0.255 e. The smallest absolute Gasteiger partial charge is 0.255 e. The van der Waals surface area contributed by atoms with Crippen LogP contribution in [0.1, 0.15) is 41.8 Å². The van der Waals surface area contributed by atoms with Crippen LogP contribution < -0.4 is 5.32 Å². The van der Waals surface area contributed by atoms with E-state index in [1.807, 2.05) is 76.4 Å². The minimum Gasteiger partial charge on any atom is -0.327 e. The first-order chi connectivity index (χ1) is 12.9. The van der Waals surface area contributed by atoms with E-state index in [-0.39, 0.29) is 24.4 Å². The van der Waals surface area contributed by atoms with E-state index in [4.69, 9.17) is 0 Å². The van der Waals surface area contributed by atoms with Crippen molar-refractivity contribution in [2.45, 2.75) is 45.1 Å². The lowest BCUT2D eigenvalue weighted by Crippen LogP contribution is -2.43. The van der Waals surface area contributed by atoms with Gasteiger partial charge in [0.1, 0.15) is 6.54 Å². The Kier molecular flexibility index (Phi) is 7.48. The Morgan fingerprint density at radius 3 is 2.48 bits per heavy atom. The lowest BCUT2D eigenvalue weighted by molar-refractivity contribution is -0.117. The normalized spacial score (nSPS) is 11.7. The molecule has 4 nitrogen and oxygen atoms in total. The monoisotopic (exact) mass is 384 g/mol. The van der Waals surface area contributed by atoms with Crippen molar-refractivity contribution in [2.75, 3.05) is 18.1 Å². The van der Waals surface area contributed by atoms with E-state index < -0.39 is 0 Å². The van der Waals surface area contributed by atoms with Crippen LogP contribution in [0.2, 0.25) is 0 Å². The fraction of sp³-hybridized carbons (Fsp3) is 0.364. The van der Waals surface area contributed by atoms with Gasteiger partial charge in [-0.3, -0.25) is 9.59 Å². The summed E-state index contributed by atoms with van der Waals surface area (Å²) >= 11 is 1.54. The van der Waals surface area contributed by atoms with Crippen LogP contribution >= 0.6 is 11.8 Å². The number of thioether (sulfide) groups is 1. The van der Waals surface area contributed by atoms with Crippen LogP contribution in [-0.2, 0) is 4.79 Å². The lowest BCUT2D eigenvalue weighted by atomic mass is 10.1. The second-order valence-electron chi connectivity index (χ2n) is 6.69. The molecule has 0 heterocycles. The van der Waals surface area contributed by atoms with Gasteiger partial charge in [0.25, 0.3) is 5.91 Å². The Labute approximate surface area is 166 Å². The van der Waals surface area contributed by atoms with Crippen LogP contribution in [0.25, 0.3) is 0 Å². The molecule has 5 heteroatoms. The van der Waals surface area contributed by atoms with Crippen molar-refractivity contribution in [3.63, 3.8) is 0 Å². The van der Waals surface area contributed by atoms with Crippen LogP contribution in [-0.4, -0.2) is 35.6 Å². The standard InChI is InChI=1S/C22H28N2O2S/c1-6-16(3)24(22(26)18-11-7-8-13-20(18)27-5)14-21(25)23-19-12-9-10-15(2)17(19)4/h7-13,16H,6,14H2,1-5H3,(H,23,25). The molecule has 2 aromatic carbocycles. The molecular formula is C22H28N2O2S. The van der Waals surface area contributed by atoms with Gasteiger partial charge in [0, 0.05) is 16.6 Å². The molecule has 0 aliphatic rings. The number of nitrogens with zero attached hydrogens (tertiary/aromatic N) is 1. The third-order valence-electron chi connectivity index (χ3n) is 4.91. The number of anilines is 1. The van der Waals surface area contributed by atoms with E-state index in [0.717, 1.165) is 28.1 Å². The maximum absolute atomic E-state index is 13.2. The summed E-state index contributed by atoms with van der Waals surface area (Å²) in [6.07, 6.45) is 2.73. The quantitative estimate of drug-likeness (QED) is 0.691. The molecule has 0 bridgehead atoms. The molecule has 144 valence electrons. The molecular weight excluding hydrogens is 356 g/mol. The van der Waals surface area contributed by atoms with Gasteiger partial charge in [-0.2, -0.15) is 0 Å². The number of hydrogen-bond donors (Lipinski definition) is 1. The van der Waals surface area contributed by atoms with Gasteiger partial charge in [0.2, 0.25) is 5.91 Å². The Hall–Kier alpha value is -2.27. The number of benzene rings is 2. The summed E-state index contributed by atoms with van der Waals surface area (Å²) in [5.41, 5.74) is 3.60. The topological polar surface area (TPSA) is 49.4 Å². The molecule has 0 saturated heterocycles. The van der Waals surface area contributed by atoms with Gasteiger partial charge in [0.15, 0.2) is 0 Å². The fourth-order valence-electron chi connectivity index (χ4n) is 2.86. The first kappa shape index (κ1) is 21.0. The molecule has 0 aromatic heterocycles. The SMILES string of the molecule is CCC(C)N(CC(=O)Nc1cccc(C)c1C)C(=O)c1ccccc1SC. The highest BCUT2D eigenvalue weighted by atomic mass is 32.2. The molecule has 0 radical (unpaired) electrons. The van der Waals surface area contributed by atoms with E-state index in [0.29, 0.717) is 5.56 Å². The number of amides is 2. The summed E-state index contributed by atoms with van der Waals surface area (Å²) in [5.74, 6) is -0.288. The summed E-state index contributed by atoms with van der Waals surface area (Å²) in [4.78, 5) is 28.4. The average molecular weight is 385 g/mol. The summed E-state index contributed by atoms with van der Waals surface area (Å²) in [6, 6.07) is 13.3. The van der Waals surface area contributed by atoms with Crippen molar-refractivity contribution in [3.8, 4) is 0 Å². The predicted octanol–water partition coefficient (Wildman–Crippen LogP) is 4.90. The zero-order valence-electron chi connectivity index (χ0n) is 16.7. The average Bonchev–Trinajstić information content (AvgIpc) is 2.68. The molecule has 1 unspecified atom stereocenters. The van der Waals surface area contributed by atoms with Crippen LogP contribution in [0.15, 0.2) is 47.4 Å². The second-order valence-corrected chi connectivity index (χ2v) is 7.53. The first-order valence-corrected chi connectivity index (χ1v) is 10.4. The van der Waals surface area contributed by atoms with Gasteiger partial charge >= 0.3 is 0 Å². The molecule has 1 N–H and O–H groups in total. The predicted molar refractivity (Wildman–Crippen MR) is 114 cm³/mol. The molecule has 2 aromatic rings. The molecule has 2 rings (SSSR count). The van der Waals surface area contributed by atoms with Gasteiger partial charge in [0.05, 0.1) is 5.56 Å². The zero-order valence-corrected chi connectivity index (χ0v) is 17.5. The van der Waals surface area contributed by atoms with E-state index in [1.54, 1.807) is 4.90 Å². The molecule has 1 atom stereocenters. The largest absolute Gasteiger partial charge is 0.327 e. The lowest BCUT2D eigenvalue weighted by Gasteiger charge is -2.29. The molecule has 27 heavy (non-hydrogen) atoms. The van der Waals surface area contributed by atoms with Gasteiger partial charge in [-0.15, -0.1) is 11.8 Å². The molecule has 0 aliphatic carbocycles. The Bertz CT molecular complexity index is 820. The Morgan fingerprint density at radius 1 is 1.11 bits per heavy atom. The van der Waals surface area contributed by atoms with Crippen molar-refractivity contribution in [2.24, 2.45) is 0 Å². The van der Waals surface area contributed by atoms with Crippen LogP contribution in [0, 0.1) is 13.8 Å². The minimum atomic E-state index is -0.181. The molecule has 0 aliphatic heterocycles. The first-order valence-electron chi connectivity index (χ1n) is 9.19. The van der Waals surface area contributed by atoms with Crippen molar-refractivity contribution in [1.82, 2.24) is 4.90 Å². The van der Waals surface area contributed by atoms with Crippen molar-refractivity contribution in [1.29, 1.82) is 0 Å². The Balaban J connectivity index is 2.22. The van der Waals surface area contributed by atoms with Gasteiger partial charge in [-0.1, -0.05) is 31.2 Å². The molecule has 0 saturated carbocycles. The minimum absolute atomic E-state index is 0.0308. The van der Waals surface area contributed by atoms with Gasteiger partial charge in [-0.25, -0.2) is 0 Å². The summed E-state index contributed by atoms with van der Waals surface area (Å²) in [6.45, 7) is 8.03. The highest BCUT2D eigenvalue weighted by Crippen LogP contribution is 2.23. The Morgan fingerprint density at radius 2 is 1.81 bits per heavy atom. The number of hydrogen-bond acceptors (Lipinski definition) is 3. The van der Waals surface area contributed by atoms with Crippen molar-refractivity contribution in [3.05, 3.63) is 59.2 Å². The molecule has 2 amide bonds. The van der Waals surface area contributed by atoms with E-state index in [1.165, 1.54) is 11.8 Å². The highest BCUT2D eigenvalue weighted by molar-refractivity contribution is 7.98. The zero-order chi connectivity index (χ0) is 20.0. The number of nitrogens with one attached hydrogen (secondary N) is 1. The van der Waals surface area contributed by atoms with E-state index >= 15 is 0 Å². The van der Waals surface area contributed by atoms with E-state index in [9.17, 15) is 9.59 Å². The fourth-order valence-corrected chi connectivity index (χ4v) is 3.45. The second kappa shape index (κ2) is 9.60. The number of carbonyl (C=O) groups excluding carboxylic acids is 2. The van der Waals surface area contributed by atoms with Crippen LogP contribution in [0.5, 0.6) is 0 Å². The highest BCUT2D eigenvalue weighted by Gasteiger charge is 2.25.